The third-order valence-corrected chi connectivity index (χ3v) is 7.68. The second-order valence-corrected chi connectivity index (χ2v) is 10.1. The van der Waals surface area contributed by atoms with Gasteiger partial charge in [-0.15, -0.1) is 6.58 Å². The molecular formula is C25H24N6O4S. The van der Waals surface area contributed by atoms with Crippen LogP contribution in [-0.4, -0.2) is 58.8 Å². The quantitative estimate of drug-likeness (QED) is 0.382. The smallest absolute Gasteiger partial charge is 0.278 e. The average Bonchev–Trinajstić information content (AvgIpc) is 2.91. The highest BCUT2D eigenvalue weighted by atomic mass is 32.2. The van der Waals surface area contributed by atoms with Crippen LogP contribution >= 0.6 is 0 Å². The molecule has 0 unspecified atom stereocenters. The molecule has 1 aliphatic rings. The molecule has 3 heterocycles. The Labute approximate surface area is 207 Å². The second kappa shape index (κ2) is 9.97. The molecular weight excluding hydrogens is 480 g/mol. The van der Waals surface area contributed by atoms with Crippen molar-refractivity contribution in [2.24, 2.45) is 0 Å². The predicted octanol–water partition coefficient (Wildman–Crippen LogP) is 2.80. The van der Waals surface area contributed by atoms with Gasteiger partial charge in [-0.25, -0.2) is 23.1 Å². The van der Waals surface area contributed by atoms with E-state index in [0.717, 1.165) is 5.56 Å². The van der Waals surface area contributed by atoms with Gasteiger partial charge in [0.2, 0.25) is 16.0 Å². The molecule has 0 atom stereocenters. The summed E-state index contributed by atoms with van der Waals surface area (Å²) in [6.45, 7) is 5.40. The maximum Gasteiger partial charge on any atom is 0.278 e. The Balaban J connectivity index is 1.48. The van der Waals surface area contributed by atoms with E-state index in [2.05, 4.69) is 27.0 Å². The molecule has 11 heteroatoms. The van der Waals surface area contributed by atoms with Crippen LogP contribution in [0, 0.1) is 0 Å². The van der Waals surface area contributed by atoms with Crippen molar-refractivity contribution in [2.45, 2.75) is 11.4 Å². The lowest BCUT2D eigenvalue weighted by molar-refractivity contribution is 0.0730. The molecule has 1 fully saturated rings. The van der Waals surface area contributed by atoms with Crippen LogP contribution < -0.4 is 10.9 Å². The SMILES string of the molecule is C=CCn1nc(-c2ccccc2)c2nc(Nc3ccc(S(=O)(=O)N4CCOCC4)cc3)ncc2c1=O. The summed E-state index contributed by atoms with van der Waals surface area (Å²) >= 11 is 0. The summed E-state index contributed by atoms with van der Waals surface area (Å²) in [4.78, 5) is 22.0. The lowest BCUT2D eigenvalue weighted by Gasteiger charge is -2.26. The third-order valence-electron chi connectivity index (χ3n) is 5.77. The van der Waals surface area contributed by atoms with Crippen molar-refractivity contribution in [3.8, 4) is 11.3 Å². The minimum atomic E-state index is -3.59. The van der Waals surface area contributed by atoms with Crippen molar-refractivity contribution in [3.05, 3.63) is 83.8 Å². The summed E-state index contributed by atoms with van der Waals surface area (Å²) in [5, 5.41) is 7.95. The number of nitrogens with one attached hydrogen (secondary N) is 1. The minimum absolute atomic E-state index is 0.202. The number of ether oxygens (including phenoxy) is 1. The van der Waals surface area contributed by atoms with Gasteiger partial charge in [-0.1, -0.05) is 36.4 Å². The van der Waals surface area contributed by atoms with E-state index in [1.54, 1.807) is 30.3 Å². The zero-order chi connectivity index (χ0) is 25.1. The molecule has 10 nitrogen and oxygen atoms in total. The molecule has 1 aliphatic heterocycles. The number of rotatable bonds is 7. The zero-order valence-electron chi connectivity index (χ0n) is 19.4. The molecule has 184 valence electrons. The van der Waals surface area contributed by atoms with Gasteiger partial charge in [0.05, 0.1) is 30.0 Å². The highest BCUT2D eigenvalue weighted by Gasteiger charge is 2.26. The number of nitrogens with zero attached hydrogens (tertiary/aromatic N) is 5. The van der Waals surface area contributed by atoms with Crippen molar-refractivity contribution in [2.75, 3.05) is 31.6 Å². The van der Waals surface area contributed by atoms with Crippen molar-refractivity contribution in [1.82, 2.24) is 24.1 Å². The number of aromatic nitrogens is 4. The Morgan fingerprint density at radius 3 is 2.47 bits per heavy atom. The molecule has 4 aromatic rings. The first kappa shape index (κ1) is 23.8. The first-order chi connectivity index (χ1) is 17.5. The molecule has 1 N–H and O–H groups in total. The van der Waals surface area contributed by atoms with E-state index in [-0.39, 0.29) is 22.9 Å². The summed E-state index contributed by atoms with van der Waals surface area (Å²) < 4.78 is 33.7. The number of morpholine rings is 1. The Hall–Kier alpha value is -3.93. The van der Waals surface area contributed by atoms with E-state index >= 15 is 0 Å². The van der Waals surface area contributed by atoms with Crippen LogP contribution in [0.1, 0.15) is 0 Å². The van der Waals surface area contributed by atoms with Gasteiger partial charge in [0, 0.05) is 30.5 Å². The fourth-order valence-electron chi connectivity index (χ4n) is 3.94. The molecule has 0 amide bonds. The van der Waals surface area contributed by atoms with Crippen LogP contribution in [0.4, 0.5) is 11.6 Å². The fourth-order valence-corrected chi connectivity index (χ4v) is 5.35. The molecule has 0 radical (unpaired) electrons. The van der Waals surface area contributed by atoms with Gasteiger partial charge in [0.25, 0.3) is 5.56 Å². The lowest BCUT2D eigenvalue weighted by atomic mass is 10.1. The minimum Gasteiger partial charge on any atom is -0.379 e. The molecule has 0 aliphatic carbocycles. The van der Waals surface area contributed by atoms with Gasteiger partial charge in [-0.2, -0.15) is 9.40 Å². The van der Waals surface area contributed by atoms with E-state index in [0.29, 0.717) is 48.6 Å². The number of hydrogen-bond acceptors (Lipinski definition) is 8. The summed E-state index contributed by atoms with van der Waals surface area (Å²) in [5.74, 6) is 0.256. The van der Waals surface area contributed by atoms with Gasteiger partial charge in [-0.05, 0) is 24.3 Å². The molecule has 0 spiro atoms. The Morgan fingerprint density at radius 2 is 1.78 bits per heavy atom. The van der Waals surface area contributed by atoms with Gasteiger partial charge < -0.3 is 10.1 Å². The number of sulfonamides is 1. The van der Waals surface area contributed by atoms with Crippen molar-refractivity contribution < 1.29 is 13.2 Å². The van der Waals surface area contributed by atoms with Gasteiger partial charge in [0.1, 0.15) is 11.2 Å². The average molecular weight is 505 g/mol. The molecule has 2 aromatic heterocycles. The van der Waals surface area contributed by atoms with E-state index in [1.165, 1.54) is 15.2 Å². The van der Waals surface area contributed by atoms with Crippen LogP contribution in [0.5, 0.6) is 0 Å². The summed E-state index contributed by atoms with van der Waals surface area (Å²) in [6.07, 6.45) is 3.08. The Bertz CT molecular complexity index is 1560. The predicted molar refractivity (Wildman–Crippen MR) is 137 cm³/mol. The third kappa shape index (κ3) is 4.63. The van der Waals surface area contributed by atoms with Gasteiger partial charge >= 0.3 is 0 Å². The molecule has 2 aromatic carbocycles. The van der Waals surface area contributed by atoms with Crippen LogP contribution in [0.15, 0.2) is 83.1 Å². The second-order valence-electron chi connectivity index (χ2n) is 8.11. The summed E-state index contributed by atoms with van der Waals surface area (Å²) in [5.41, 5.74) is 2.06. The molecule has 0 saturated carbocycles. The number of benzene rings is 2. The summed E-state index contributed by atoms with van der Waals surface area (Å²) in [7, 11) is -3.59. The van der Waals surface area contributed by atoms with E-state index in [9.17, 15) is 13.2 Å². The van der Waals surface area contributed by atoms with E-state index in [1.807, 2.05) is 30.3 Å². The normalized spacial score (nSPS) is 14.6. The van der Waals surface area contributed by atoms with Crippen LogP contribution in [0.3, 0.4) is 0 Å². The van der Waals surface area contributed by atoms with E-state index in [4.69, 9.17) is 4.74 Å². The monoisotopic (exact) mass is 504 g/mol. The summed E-state index contributed by atoms with van der Waals surface area (Å²) in [6, 6.07) is 15.9. The number of allylic oxidation sites excluding steroid dienone is 1. The molecule has 0 bridgehead atoms. The highest BCUT2D eigenvalue weighted by molar-refractivity contribution is 7.89. The first-order valence-corrected chi connectivity index (χ1v) is 12.8. The zero-order valence-corrected chi connectivity index (χ0v) is 20.2. The van der Waals surface area contributed by atoms with Crippen LogP contribution in [-0.2, 0) is 21.3 Å². The topological polar surface area (TPSA) is 119 Å². The van der Waals surface area contributed by atoms with Crippen LogP contribution in [0.25, 0.3) is 22.2 Å². The standard InChI is InChI=1S/C25H24N6O4S/c1-2-12-31-24(32)21-17-26-25(28-23(21)22(29-31)18-6-4-3-5-7-18)27-19-8-10-20(11-9-19)36(33,34)30-13-15-35-16-14-30/h2-11,17H,1,12-16H2,(H,26,27,28). The fraction of sp³-hybridized carbons (Fsp3) is 0.200. The Morgan fingerprint density at radius 1 is 1.06 bits per heavy atom. The maximum atomic E-state index is 12.9. The molecule has 1 saturated heterocycles. The van der Waals surface area contributed by atoms with E-state index < -0.39 is 10.0 Å². The lowest BCUT2D eigenvalue weighted by Crippen LogP contribution is -2.40. The van der Waals surface area contributed by atoms with Crippen molar-refractivity contribution in [3.63, 3.8) is 0 Å². The van der Waals surface area contributed by atoms with Gasteiger partial charge in [0.15, 0.2) is 0 Å². The maximum absolute atomic E-state index is 12.9. The number of anilines is 2. The molecule has 36 heavy (non-hydrogen) atoms. The molecule has 5 rings (SSSR count). The number of fused-ring (bicyclic) bond motifs is 1. The van der Waals surface area contributed by atoms with Crippen LogP contribution in [0.2, 0.25) is 0 Å². The Kier molecular flexibility index (Phi) is 6.59. The first-order valence-electron chi connectivity index (χ1n) is 11.4. The van der Waals surface area contributed by atoms with Gasteiger partial charge in [-0.3, -0.25) is 4.79 Å². The highest BCUT2D eigenvalue weighted by Crippen LogP contribution is 2.25. The number of hydrogen-bond donors (Lipinski definition) is 1. The van der Waals surface area contributed by atoms with Crippen molar-refractivity contribution >= 4 is 32.6 Å². The van der Waals surface area contributed by atoms with Crippen molar-refractivity contribution in [1.29, 1.82) is 0 Å². The largest absolute Gasteiger partial charge is 0.379 e.